The molecule has 0 amide bonds. The predicted octanol–water partition coefficient (Wildman–Crippen LogP) is 6.66. The van der Waals surface area contributed by atoms with Crippen LogP contribution in [0.3, 0.4) is 0 Å². The van der Waals surface area contributed by atoms with Crippen LogP contribution in [0, 0.1) is 5.92 Å². The summed E-state index contributed by atoms with van der Waals surface area (Å²) in [6, 6.07) is 16.6. The predicted molar refractivity (Wildman–Crippen MR) is 96.0 cm³/mol. The molecule has 1 aliphatic rings. The monoisotopic (exact) mass is 354 g/mol. The lowest BCUT2D eigenvalue weighted by atomic mass is 10.3. The lowest BCUT2D eigenvalue weighted by molar-refractivity contribution is 0.829. The molecule has 0 spiro atoms. The highest BCUT2D eigenvalue weighted by molar-refractivity contribution is 8.03. The van der Waals surface area contributed by atoms with E-state index >= 15 is 0 Å². The number of benzene rings is 2. The fourth-order valence-corrected chi connectivity index (χ4v) is 5.12. The Kier molecular flexibility index (Phi) is 5.44. The molecule has 1 fully saturated rings. The zero-order chi connectivity index (χ0) is 14.7. The third-order valence-corrected chi connectivity index (χ3v) is 6.95. The van der Waals surface area contributed by atoms with E-state index < -0.39 is 0 Å². The van der Waals surface area contributed by atoms with Crippen LogP contribution < -0.4 is 0 Å². The van der Waals surface area contributed by atoms with Crippen LogP contribution in [0.5, 0.6) is 0 Å². The molecule has 21 heavy (non-hydrogen) atoms. The van der Waals surface area contributed by atoms with Gasteiger partial charge in [-0.15, -0.1) is 23.5 Å². The van der Waals surface area contributed by atoms with Crippen LogP contribution in [-0.2, 0) is 0 Å². The van der Waals surface area contributed by atoms with Crippen LogP contribution in [0.15, 0.2) is 58.3 Å². The third kappa shape index (κ3) is 4.59. The van der Waals surface area contributed by atoms with Crippen molar-refractivity contribution < 1.29 is 0 Å². The first-order chi connectivity index (χ1) is 10.2. The second-order valence-electron chi connectivity index (χ2n) is 5.19. The van der Waals surface area contributed by atoms with Crippen LogP contribution in [-0.4, -0.2) is 11.0 Å². The van der Waals surface area contributed by atoms with Gasteiger partial charge in [-0.1, -0.05) is 41.4 Å². The van der Waals surface area contributed by atoms with Gasteiger partial charge >= 0.3 is 0 Å². The minimum Gasteiger partial charge on any atom is -0.125 e. The van der Waals surface area contributed by atoms with E-state index in [-0.39, 0.29) is 0 Å². The van der Waals surface area contributed by atoms with Gasteiger partial charge in [-0.3, -0.25) is 0 Å². The van der Waals surface area contributed by atoms with E-state index in [1.165, 1.54) is 22.6 Å². The van der Waals surface area contributed by atoms with Gasteiger partial charge in [0.05, 0.1) is 10.0 Å². The molecular weight excluding hydrogens is 339 g/mol. The van der Waals surface area contributed by atoms with Gasteiger partial charge in [-0.2, -0.15) is 0 Å². The quantitative estimate of drug-likeness (QED) is 0.532. The zero-order valence-electron chi connectivity index (χ0n) is 11.5. The zero-order valence-corrected chi connectivity index (χ0v) is 14.6. The van der Waals surface area contributed by atoms with Crippen LogP contribution in [0.4, 0.5) is 0 Å². The molecule has 2 aromatic rings. The Hall–Kier alpha value is -0.280. The van der Waals surface area contributed by atoms with Gasteiger partial charge in [0.2, 0.25) is 0 Å². The standard InChI is InChI=1S/C17H16Cl2S2/c18-15-9-8-14(10-16(15)19)20-11-17(12-6-7-12)21-13-4-2-1-3-5-13/h1-5,8-10,12,17H,6-7,11H2. The van der Waals surface area contributed by atoms with Crippen LogP contribution in [0.1, 0.15) is 12.8 Å². The van der Waals surface area contributed by atoms with Gasteiger partial charge in [-0.05, 0) is 49.1 Å². The van der Waals surface area contributed by atoms with Crippen molar-refractivity contribution in [2.45, 2.75) is 27.9 Å². The first-order valence-electron chi connectivity index (χ1n) is 7.02. The molecule has 110 valence electrons. The summed E-state index contributed by atoms with van der Waals surface area (Å²) in [6.45, 7) is 0. The molecule has 4 heteroatoms. The van der Waals surface area contributed by atoms with Crippen molar-refractivity contribution in [1.82, 2.24) is 0 Å². The van der Waals surface area contributed by atoms with E-state index in [1.807, 2.05) is 35.7 Å². The van der Waals surface area contributed by atoms with E-state index in [1.54, 1.807) is 0 Å². The van der Waals surface area contributed by atoms with Gasteiger partial charge in [-0.25, -0.2) is 0 Å². The molecular formula is C17H16Cl2S2. The van der Waals surface area contributed by atoms with Gasteiger partial charge in [0.1, 0.15) is 0 Å². The highest BCUT2D eigenvalue weighted by atomic mass is 35.5. The largest absolute Gasteiger partial charge is 0.125 e. The lowest BCUT2D eigenvalue weighted by Gasteiger charge is -2.15. The summed E-state index contributed by atoms with van der Waals surface area (Å²) < 4.78 is 0. The van der Waals surface area contributed by atoms with Crippen molar-refractivity contribution in [3.05, 3.63) is 58.6 Å². The van der Waals surface area contributed by atoms with Gasteiger partial charge < -0.3 is 0 Å². The molecule has 1 unspecified atom stereocenters. The molecule has 0 bridgehead atoms. The van der Waals surface area contributed by atoms with Crippen molar-refractivity contribution >= 4 is 46.7 Å². The molecule has 3 rings (SSSR count). The molecule has 1 aliphatic carbocycles. The molecule has 0 nitrogen and oxygen atoms in total. The lowest BCUT2D eigenvalue weighted by Crippen LogP contribution is -2.08. The summed E-state index contributed by atoms with van der Waals surface area (Å²) >= 11 is 15.9. The second kappa shape index (κ2) is 7.32. The Balaban J connectivity index is 1.61. The molecule has 0 radical (unpaired) electrons. The fraction of sp³-hybridized carbons (Fsp3) is 0.294. The summed E-state index contributed by atoms with van der Waals surface area (Å²) in [5.74, 6) is 1.98. The minimum absolute atomic E-state index is 0.624. The smallest absolute Gasteiger partial charge is 0.0603 e. The molecule has 0 aliphatic heterocycles. The van der Waals surface area contributed by atoms with Crippen molar-refractivity contribution in [2.75, 3.05) is 5.75 Å². The van der Waals surface area contributed by atoms with Gasteiger partial charge in [0.15, 0.2) is 0 Å². The summed E-state index contributed by atoms with van der Waals surface area (Å²) in [4.78, 5) is 2.56. The molecule has 0 saturated heterocycles. The number of hydrogen-bond donors (Lipinski definition) is 0. The molecule has 0 N–H and O–H groups in total. The number of thioether (sulfide) groups is 2. The molecule has 0 heterocycles. The van der Waals surface area contributed by atoms with Crippen molar-refractivity contribution in [2.24, 2.45) is 5.92 Å². The van der Waals surface area contributed by atoms with E-state index in [2.05, 4.69) is 36.4 Å². The Morgan fingerprint density at radius 3 is 2.38 bits per heavy atom. The van der Waals surface area contributed by atoms with E-state index in [4.69, 9.17) is 23.2 Å². The Morgan fingerprint density at radius 1 is 0.952 bits per heavy atom. The van der Waals surface area contributed by atoms with Gasteiger partial charge in [0.25, 0.3) is 0 Å². The summed E-state index contributed by atoms with van der Waals surface area (Å²) in [5, 5.41) is 1.94. The van der Waals surface area contributed by atoms with E-state index in [9.17, 15) is 0 Å². The molecule has 1 atom stereocenters. The highest BCUT2D eigenvalue weighted by Gasteiger charge is 2.31. The van der Waals surface area contributed by atoms with Crippen molar-refractivity contribution in [3.8, 4) is 0 Å². The Labute approximate surface area is 144 Å². The molecule has 2 aromatic carbocycles. The fourth-order valence-electron chi connectivity index (χ4n) is 2.15. The van der Waals surface area contributed by atoms with Crippen molar-refractivity contribution in [1.29, 1.82) is 0 Å². The molecule has 0 aromatic heterocycles. The Bertz CT molecular complexity index is 597. The average Bonchev–Trinajstić information content (AvgIpc) is 3.33. The van der Waals surface area contributed by atoms with Crippen LogP contribution in [0.25, 0.3) is 0 Å². The average molecular weight is 355 g/mol. The number of halogens is 2. The molecule has 1 saturated carbocycles. The second-order valence-corrected chi connectivity index (χ2v) is 8.41. The number of hydrogen-bond acceptors (Lipinski definition) is 2. The SMILES string of the molecule is Clc1ccc(SCC(Sc2ccccc2)C2CC2)cc1Cl. The first-order valence-corrected chi connectivity index (χ1v) is 9.64. The maximum absolute atomic E-state index is 6.08. The van der Waals surface area contributed by atoms with Crippen molar-refractivity contribution in [3.63, 3.8) is 0 Å². The first kappa shape index (κ1) is 15.6. The Morgan fingerprint density at radius 2 is 1.71 bits per heavy atom. The maximum atomic E-state index is 6.08. The third-order valence-electron chi connectivity index (χ3n) is 3.48. The van der Waals surface area contributed by atoms with E-state index in [0.717, 1.165) is 11.7 Å². The van der Waals surface area contributed by atoms with Crippen LogP contribution in [0.2, 0.25) is 10.0 Å². The topological polar surface area (TPSA) is 0 Å². The number of rotatable bonds is 6. The highest BCUT2D eigenvalue weighted by Crippen LogP contribution is 2.44. The summed E-state index contributed by atoms with van der Waals surface area (Å²) in [7, 11) is 0. The normalized spacial score (nSPS) is 15.9. The maximum Gasteiger partial charge on any atom is 0.0603 e. The van der Waals surface area contributed by atoms with Crippen LogP contribution >= 0.6 is 46.7 Å². The summed E-state index contributed by atoms with van der Waals surface area (Å²) in [5.41, 5.74) is 0. The minimum atomic E-state index is 0.624. The van der Waals surface area contributed by atoms with Gasteiger partial charge in [0, 0.05) is 20.8 Å². The summed E-state index contributed by atoms with van der Waals surface area (Å²) in [6.07, 6.45) is 2.73. The van der Waals surface area contributed by atoms with E-state index in [0.29, 0.717) is 15.3 Å².